The maximum absolute atomic E-state index is 4.56. The third-order valence-corrected chi connectivity index (χ3v) is 3.67. The number of fused-ring (bicyclic) bond motifs is 1. The molecule has 1 heterocycles. The van der Waals surface area contributed by atoms with Gasteiger partial charge in [-0.1, -0.05) is 23.8 Å². The first-order valence-electron chi connectivity index (χ1n) is 5.97. The molecule has 17 heavy (non-hydrogen) atoms. The highest BCUT2D eigenvalue weighted by atomic mass is 79.9. The van der Waals surface area contributed by atoms with Crippen molar-refractivity contribution in [3.63, 3.8) is 0 Å². The third kappa shape index (κ3) is 2.29. The molecule has 2 aromatic rings. The van der Waals surface area contributed by atoms with Gasteiger partial charge in [0.2, 0.25) is 0 Å². The molecule has 2 rings (SSSR count). The molecule has 0 unspecified atom stereocenters. The molecule has 0 amide bonds. The molecule has 0 fully saturated rings. The molecule has 0 saturated heterocycles. The molecule has 2 nitrogen and oxygen atoms in total. The van der Waals surface area contributed by atoms with E-state index in [2.05, 4.69) is 64.8 Å². The first-order chi connectivity index (χ1) is 8.17. The van der Waals surface area contributed by atoms with E-state index < -0.39 is 0 Å². The van der Waals surface area contributed by atoms with Crippen LogP contribution in [0.25, 0.3) is 10.8 Å². The second-order valence-electron chi connectivity index (χ2n) is 4.15. The molecule has 90 valence electrons. The second kappa shape index (κ2) is 5.05. The van der Waals surface area contributed by atoms with Crippen LogP contribution in [0.2, 0.25) is 0 Å². The molecular weight excluding hydrogens is 276 g/mol. The summed E-state index contributed by atoms with van der Waals surface area (Å²) in [6.07, 6.45) is 1.90. The minimum atomic E-state index is 0.980. The van der Waals surface area contributed by atoms with Crippen molar-refractivity contribution in [3.05, 3.63) is 34.4 Å². The normalized spacial score (nSPS) is 10.8. The Labute approximate surface area is 111 Å². The van der Waals surface area contributed by atoms with Crippen LogP contribution in [0.4, 0.5) is 5.82 Å². The van der Waals surface area contributed by atoms with Crippen molar-refractivity contribution in [2.45, 2.75) is 20.8 Å². The van der Waals surface area contributed by atoms with Gasteiger partial charge in [0.15, 0.2) is 0 Å². The maximum Gasteiger partial charge on any atom is 0.136 e. The molecule has 0 aliphatic carbocycles. The van der Waals surface area contributed by atoms with E-state index >= 15 is 0 Å². The summed E-state index contributed by atoms with van der Waals surface area (Å²) in [6.45, 7) is 8.39. The van der Waals surface area contributed by atoms with Crippen LogP contribution in [-0.4, -0.2) is 18.1 Å². The minimum absolute atomic E-state index is 0.980. The molecule has 0 atom stereocenters. The Kier molecular flexibility index (Phi) is 3.67. The Morgan fingerprint density at radius 3 is 2.53 bits per heavy atom. The first-order valence-corrected chi connectivity index (χ1v) is 6.76. The quantitative estimate of drug-likeness (QED) is 0.845. The zero-order chi connectivity index (χ0) is 12.4. The second-order valence-corrected chi connectivity index (χ2v) is 5.01. The van der Waals surface area contributed by atoms with Gasteiger partial charge < -0.3 is 4.90 Å². The van der Waals surface area contributed by atoms with Crippen LogP contribution in [0.5, 0.6) is 0 Å². The average molecular weight is 293 g/mol. The van der Waals surface area contributed by atoms with Gasteiger partial charge in [0, 0.05) is 34.5 Å². The zero-order valence-corrected chi connectivity index (χ0v) is 12.1. The summed E-state index contributed by atoms with van der Waals surface area (Å²) in [7, 11) is 0. The van der Waals surface area contributed by atoms with Crippen molar-refractivity contribution < 1.29 is 0 Å². The SMILES string of the molecule is CCN(CC)c1ncc(Br)c2cc(C)ccc12. The molecular formula is C14H17BrN2. The fraction of sp³-hybridized carbons (Fsp3) is 0.357. The van der Waals surface area contributed by atoms with Gasteiger partial charge >= 0.3 is 0 Å². The van der Waals surface area contributed by atoms with Gasteiger partial charge in [0.05, 0.1) is 0 Å². The number of rotatable bonds is 3. The fourth-order valence-electron chi connectivity index (χ4n) is 2.08. The van der Waals surface area contributed by atoms with Gasteiger partial charge in [-0.15, -0.1) is 0 Å². The van der Waals surface area contributed by atoms with Gasteiger partial charge in [-0.05, 0) is 36.7 Å². The third-order valence-electron chi connectivity index (χ3n) is 3.04. The molecule has 0 aliphatic rings. The number of benzene rings is 1. The van der Waals surface area contributed by atoms with Gasteiger partial charge in [-0.3, -0.25) is 0 Å². The summed E-state index contributed by atoms with van der Waals surface area (Å²) >= 11 is 3.58. The summed E-state index contributed by atoms with van der Waals surface area (Å²) in [6, 6.07) is 6.51. The van der Waals surface area contributed by atoms with Gasteiger partial charge in [0.1, 0.15) is 5.82 Å². The van der Waals surface area contributed by atoms with Crippen LogP contribution in [0, 0.1) is 6.92 Å². The molecule has 0 radical (unpaired) electrons. The van der Waals surface area contributed by atoms with Crippen LogP contribution in [-0.2, 0) is 0 Å². The number of hydrogen-bond acceptors (Lipinski definition) is 2. The first kappa shape index (κ1) is 12.4. The molecule has 0 aliphatic heterocycles. The summed E-state index contributed by atoms with van der Waals surface area (Å²) < 4.78 is 1.06. The number of nitrogens with zero attached hydrogens (tertiary/aromatic N) is 2. The molecule has 0 saturated carbocycles. The number of aromatic nitrogens is 1. The van der Waals surface area contributed by atoms with Crippen molar-refractivity contribution in [3.8, 4) is 0 Å². The number of aryl methyl sites for hydroxylation is 1. The Bertz CT molecular complexity index is 533. The monoisotopic (exact) mass is 292 g/mol. The molecule has 0 bridgehead atoms. The standard InChI is InChI=1S/C14H17BrN2/c1-4-17(5-2)14-11-7-6-10(3)8-12(11)13(15)9-16-14/h6-9H,4-5H2,1-3H3. The van der Waals surface area contributed by atoms with Crippen LogP contribution >= 0.6 is 15.9 Å². The smallest absolute Gasteiger partial charge is 0.136 e. The van der Waals surface area contributed by atoms with Crippen LogP contribution in [0.15, 0.2) is 28.9 Å². The lowest BCUT2D eigenvalue weighted by molar-refractivity contribution is 0.851. The highest BCUT2D eigenvalue weighted by molar-refractivity contribution is 9.10. The van der Waals surface area contributed by atoms with E-state index in [1.807, 2.05) is 6.20 Å². The van der Waals surface area contributed by atoms with Crippen LogP contribution in [0.1, 0.15) is 19.4 Å². The van der Waals surface area contributed by atoms with Crippen molar-refractivity contribution >= 4 is 32.5 Å². The molecule has 0 N–H and O–H groups in total. The summed E-state index contributed by atoms with van der Waals surface area (Å²) in [5.74, 6) is 1.08. The van der Waals surface area contributed by atoms with E-state index in [0.717, 1.165) is 23.4 Å². The Hall–Kier alpha value is -1.09. The number of anilines is 1. The topological polar surface area (TPSA) is 16.1 Å². The van der Waals surface area contributed by atoms with E-state index in [1.54, 1.807) is 0 Å². The van der Waals surface area contributed by atoms with E-state index in [9.17, 15) is 0 Å². The average Bonchev–Trinajstić information content (AvgIpc) is 2.34. The lowest BCUT2D eigenvalue weighted by Gasteiger charge is -2.21. The van der Waals surface area contributed by atoms with Crippen molar-refractivity contribution in [2.24, 2.45) is 0 Å². The lowest BCUT2D eigenvalue weighted by Crippen LogP contribution is -2.23. The minimum Gasteiger partial charge on any atom is -0.357 e. The van der Waals surface area contributed by atoms with E-state index in [0.29, 0.717) is 0 Å². The van der Waals surface area contributed by atoms with Crippen molar-refractivity contribution in [1.29, 1.82) is 0 Å². The Morgan fingerprint density at radius 2 is 1.88 bits per heavy atom. The summed E-state index contributed by atoms with van der Waals surface area (Å²) in [4.78, 5) is 6.84. The molecule has 1 aromatic carbocycles. The van der Waals surface area contributed by atoms with E-state index in [4.69, 9.17) is 0 Å². The fourth-order valence-corrected chi connectivity index (χ4v) is 2.51. The summed E-state index contributed by atoms with van der Waals surface area (Å²) in [5.41, 5.74) is 1.27. The Balaban J connectivity index is 2.69. The highest BCUT2D eigenvalue weighted by Gasteiger charge is 2.10. The lowest BCUT2D eigenvalue weighted by atomic mass is 10.1. The van der Waals surface area contributed by atoms with E-state index in [-0.39, 0.29) is 0 Å². The van der Waals surface area contributed by atoms with Crippen LogP contribution < -0.4 is 4.90 Å². The van der Waals surface area contributed by atoms with Gasteiger partial charge in [-0.2, -0.15) is 0 Å². The predicted octanol–water partition coefficient (Wildman–Crippen LogP) is 4.15. The number of halogens is 1. The van der Waals surface area contributed by atoms with Gasteiger partial charge in [-0.25, -0.2) is 4.98 Å². The summed E-state index contributed by atoms with van der Waals surface area (Å²) in [5, 5.41) is 2.45. The Morgan fingerprint density at radius 1 is 1.18 bits per heavy atom. The van der Waals surface area contributed by atoms with Crippen molar-refractivity contribution in [1.82, 2.24) is 4.98 Å². The van der Waals surface area contributed by atoms with Crippen molar-refractivity contribution in [2.75, 3.05) is 18.0 Å². The zero-order valence-electron chi connectivity index (χ0n) is 10.5. The maximum atomic E-state index is 4.56. The number of pyridine rings is 1. The number of hydrogen-bond donors (Lipinski definition) is 0. The molecule has 1 aromatic heterocycles. The van der Waals surface area contributed by atoms with Crippen LogP contribution in [0.3, 0.4) is 0 Å². The van der Waals surface area contributed by atoms with Gasteiger partial charge in [0.25, 0.3) is 0 Å². The highest BCUT2D eigenvalue weighted by Crippen LogP contribution is 2.30. The largest absolute Gasteiger partial charge is 0.357 e. The predicted molar refractivity (Wildman–Crippen MR) is 77.7 cm³/mol. The van der Waals surface area contributed by atoms with E-state index in [1.165, 1.54) is 16.3 Å². The molecule has 0 spiro atoms. The molecule has 3 heteroatoms.